The summed E-state index contributed by atoms with van der Waals surface area (Å²) in [6.45, 7) is 0.484. The molecular weight excluding hydrogens is 334 g/mol. The highest BCUT2D eigenvalue weighted by molar-refractivity contribution is 5.88. The van der Waals surface area contributed by atoms with E-state index in [0.717, 1.165) is 17.0 Å². The van der Waals surface area contributed by atoms with Crippen LogP contribution in [-0.4, -0.2) is 34.4 Å². The number of imidazole rings is 1. The molecule has 0 saturated heterocycles. The maximum atomic E-state index is 11.4. The predicted molar refractivity (Wildman–Crippen MR) is 97.9 cm³/mol. The largest absolute Gasteiger partial charge is 0.471 e. The van der Waals surface area contributed by atoms with Crippen LogP contribution in [0.2, 0.25) is 0 Å². The fourth-order valence-electron chi connectivity index (χ4n) is 2.55. The minimum absolute atomic E-state index is 0.332. The Morgan fingerprint density at radius 1 is 1.27 bits per heavy atom. The van der Waals surface area contributed by atoms with Crippen LogP contribution in [0.3, 0.4) is 0 Å². The second-order valence-corrected chi connectivity index (χ2v) is 5.56. The van der Waals surface area contributed by atoms with E-state index in [2.05, 4.69) is 31.3 Å². The topological polar surface area (TPSA) is 105 Å². The molecule has 0 bridgehead atoms. The molecule has 0 atom stereocenters. The molecule has 1 aliphatic heterocycles. The number of hydrogen-bond acceptors (Lipinski definition) is 6. The molecule has 26 heavy (non-hydrogen) atoms. The first kappa shape index (κ1) is 15.8. The van der Waals surface area contributed by atoms with Crippen LogP contribution in [0.25, 0.3) is 11.4 Å². The zero-order valence-electron chi connectivity index (χ0n) is 14.0. The van der Waals surface area contributed by atoms with Crippen molar-refractivity contribution in [2.24, 2.45) is 0 Å². The van der Waals surface area contributed by atoms with Gasteiger partial charge in [0.15, 0.2) is 24.0 Å². The number of anilines is 3. The summed E-state index contributed by atoms with van der Waals surface area (Å²) >= 11 is 0. The number of nitrogens with one attached hydrogen (secondary N) is 4. The standard InChI is InChI=1S/C17H17N7O2/c1-18-17(25)22-15-9-24-16(21-15)6-5-14(23-24)20-12-4-2-3-11(7-12)13-8-19-10-26-13/h2-9,19H,10H2,1H3,(H,20,23)(H2,18,22,25). The van der Waals surface area contributed by atoms with Crippen molar-refractivity contribution in [1.29, 1.82) is 0 Å². The minimum Gasteiger partial charge on any atom is -0.471 e. The van der Waals surface area contributed by atoms with Gasteiger partial charge in [0.05, 0.1) is 6.20 Å². The van der Waals surface area contributed by atoms with Gasteiger partial charge in [0, 0.05) is 24.5 Å². The molecular formula is C17H17N7O2. The Bertz CT molecular complexity index is 996. The van der Waals surface area contributed by atoms with E-state index in [4.69, 9.17) is 4.74 Å². The van der Waals surface area contributed by atoms with Gasteiger partial charge >= 0.3 is 6.03 Å². The van der Waals surface area contributed by atoms with Crippen molar-refractivity contribution in [3.05, 3.63) is 54.4 Å². The van der Waals surface area contributed by atoms with E-state index in [9.17, 15) is 4.79 Å². The van der Waals surface area contributed by atoms with Gasteiger partial charge in [-0.3, -0.25) is 5.32 Å². The van der Waals surface area contributed by atoms with Crippen LogP contribution < -0.4 is 21.3 Å². The Balaban J connectivity index is 1.55. The molecule has 0 fully saturated rings. The van der Waals surface area contributed by atoms with Crippen LogP contribution in [0.1, 0.15) is 5.56 Å². The monoisotopic (exact) mass is 351 g/mol. The summed E-state index contributed by atoms with van der Waals surface area (Å²) in [6.07, 6.45) is 3.49. The summed E-state index contributed by atoms with van der Waals surface area (Å²) in [4.78, 5) is 15.7. The third-order valence-corrected chi connectivity index (χ3v) is 3.75. The Labute approximate surface area is 149 Å². The van der Waals surface area contributed by atoms with E-state index in [1.165, 1.54) is 0 Å². The van der Waals surface area contributed by atoms with Crippen LogP contribution in [0.15, 0.2) is 48.8 Å². The molecule has 4 rings (SSSR count). The van der Waals surface area contributed by atoms with Gasteiger partial charge in [-0.2, -0.15) is 0 Å². The molecule has 4 N–H and O–H groups in total. The first-order valence-electron chi connectivity index (χ1n) is 8.00. The van der Waals surface area contributed by atoms with E-state index in [1.54, 1.807) is 17.8 Å². The van der Waals surface area contributed by atoms with E-state index in [1.807, 2.05) is 42.6 Å². The number of carbonyl (C=O) groups excluding carboxylic acids is 1. The Morgan fingerprint density at radius 3 is 3.00 bits per heavy atom. The van der Waals surface area contributed by atoms with Crippen LogP contribution in [0, 0.1) is 0 Å². The maximum Gasteiger partial charge on any atom is 0.320 e. The molecule has 0 spiro atoms. The molecule has 9 nitrogen and oxygen atoms in total. The number of aromatic nitrogens is 3. The highest BCUT2D eigenvalue weighted by Gasteiger charge is 2.09. The molecule has 0 aliphatic carbocycles. The Hall–Kier alpha value is -3.75. The number of ether oxygens (including phenoxy) is 1. The Morgan fingerprint density at radius 2 is 2.19 bits per heavy atom. The number of benzene rings is 1. The van der Waals surface area contributed by atoms with E-state index in [-0.39, 0.29) is 6.03 Å². The maximum absolute atomic E-state index is 11.4. The van der Waals surface area contributed by atoms with Crippen LogP contribution >= 0.6 is 0 Å². The van der Waals surface area contributed by atoms with Gasteiger partial charge in [0.25, 0.3) is 0 Å². The van der Waals surface area contributed by atoms with Gasteiger partial charge in [-0.15, -0.1) is 5.10 Å². The van der Waals surface area contributed by atoms with Crippen molar-refractivity contribution in [2.75, 3.05) is 24.4 Å². The van der Waals surface area contributed by atoms with Gasteiger partial charge in [-0.05, 0) is 24.3 Å². The van der Waals surface area contributed by atoms with Crippen molar-refractivity contribution in [1.82, 2.24) is 25.2 Å². The number of hydrogen-bond donors (Lipinski definition) is 4. The average molecular weight is 351 g/mol. The molecule has 2 amide bonds. The summed E-state index contributed by atoms with van der Waals surface area (Å²) in [7, 11) is 1.54. The van der Waals surface area contributed by atoms with Crippen molar-refractivity contribution in [2.45, 2.75) is 0 Å². The number of nitrogens with zero attached hydrogens (tertiary/aromatic N) is 3. The molecule has 1 aromatic carbocycles. The molecule has 3 heterocycles. The lowest BCUT2D eigenvalue weighted by Crippen LogP contribution is -2.24. The SMILES string of the molecule is CNC(=O)Nc1cn2nc(Nc3cccc(C4=CNCO4)c3)ccc2n1. The van der Waals surface area contributed by atoms with Crippen molar-refractivity contribution in [3.63, 3.8) is 0 Å². The van der Waals surface area contributed by atoms with Crippen LogP contribution in [-0.2, 0) is 4.74 Å². The fourth-order valence-corrected chi connectivity index (χ4v) is 2.55. The number of fused-ring (bicyclic) bond motifs is 1. The number of urea groups is 1. The van der Waals surface area contributed by atoms with Crippen molar-refractivity contribution < 1.29 is 9.53 Å². The van der Waals surface area contributed by atoms with E-state index >= 15 is 0 Å². The van der Waals surface area contributed by atoms with Gasteiger partial charge in [0.2, 0.25) is 0 Å². The summed E-state index contributed by atoms with van der Waals surface area (Å²) in [6, 6.07) is 11.2. The smallest absolute Gasteiger partial charge is 0.320 e. The first-order chi connectivity index (χ1) is 12.7. The molecule has 2 aromatic heterocycles. The summed E-state index contributed by atoms with van der Waals surface area (Å²) in [5, 5.41) is 15.8. The quantitative estimate of drug-likeness (QED) is 0.574. The van der Waals surface area contributed by atoms with Gasteiger partial charge in [-0.1, -0.05) is 12.1 Å². The molecule has 3 aromatic rings. The average Bonchev–Trinajstić information content (AvgIpc) is 3.31. The second kappa shape index (κ2) is 6.63. The number of rotatable bonds is 4. The first-order valence-corrected chi connectivity index (χ1v) is 8.00. The number of carbonyl (C=O) groups is 1. The lowest BCUT2D eigenvalue weighted by Gasteiger charge is -2.08. The molecule has 0 unspecified atom stereocenters. The van der Waals surface area contributed by atoms with Crippen molar-refractivity contribution >= 4 is 34.8 Å². The highest BCUT2D eigenvalue weighted by Crippen LogP contribution is 2.23. The molecule has 1 aliphatic rings. The third-order valence-electron chi connectivity index (χ3n) is 3.75. The normalized spacial score (nSPS) is 12.9. The van der Waals surface area contributed by atoms with E-state index in [0.29, 0.717) is 24.0 Å². The van der Waals surface area contributed by atoms with Gasteiger partial charge < -0.3 is 20.7 Å². The van der Waals surface area contributed by atoms with Gasteiger partial charge in [-0.25, -0.2) is 14.3 Å². The lowest BCUT2D eigenvalue weighted by atomic mass is 10.1. The summed E-state index contributed by atoms with van der Waals surface area (Å²) < 4.78 is 7.10. The molecule has 0 saturated carbocycles. The molecule has 9 heteroatoms. The van der Waals surface area contributed by atoms with E-state index < -0.39 is 0 Å². The molecule has 132 valence electrons. The molecule has 0 radical (unpaired) electrons. The number of amides is 2. The fraction of sp³-hybridized carbons (Fsp3) is 0.118. The minimum atomic E-state index is -0.332. The van der Waals surface area contributed by atoms with Crippen molar-refractivity contribution in [3.8, 4) is 0 Å². The third kappa shape index (κ3) is 3.22. The van der Waals surface area contributed by atoms with Crippen LogP contribution in [0.5, 0.6) is 0 Å². The van der Waals surface area contributed by atoms with Gasteiger partial charge in [0.1, 0.15) is 5.76 Å². The zero-order valence-corrected chi connectivity index (χ0v) is 14.0. The summed E-state index contributed by atoms with van der Waals surface area (Å²) in [5.41, 5.74) is 2.49. The summed E-state index contributed by atoms with van der Waals surface area (Å²) in [5.74, 6) is 1.88. The highest BCUT2D eigenvalue weighted by atomic mass is 16.5. The Kier molecular flexibility index (Phi) is 4.02. The lowest BCUT2D eigenvalue weighted by molar-refractivity contribution is 0.254. The van der Waals surface area contributed by atoms with Crippen LogP contribution in [0.4, 0.5) is 22.1 Å². The second-order valence-electron chi connectivity index (χ2n) is 5.56. The predicted octanol–water partition coefficient (Wildman–Crippen LogP) is 2.10. The zero-order chi connectivity index (χ0) is 17.9.